The first-order chi connectivity index (χ1) is 8.70. The molecule has 2 unspecified atom stereocenters. The van der Waals surface area contributed by atoms with E-state index in [0.29, 0.717) is 0 Å². The molecule has 0 fully saturated rings. The average molecular weight is 265 g/mol. The van der Waals surface area contributed by atoms with Crippen molar-refractivity contribution in [3.63, 3.8) is 0 Å². The van der Waals surface area contributed by atoms with E-state index in [4.69, 9.17) is 5.73 Å². The number of thiophene rings is 1. The van der Waals surface area contributed by atoms with Crippen LogP contribution in [0.5, 0.6) is 0 Å². The Bertz CT molecular complexity index is 346. The minimum atomic E-state index is 0.267. The first kappa shape index (κ1) is 14.1. The van der Waals surface area contributed by atoms with Gasteiger partial charge in [0.1, 0.15) is 0 Å². The van der Waals surface area contributed by atoms with Crippen LogP contribution in [-0.2, 0) is 12.8 Å². The lowest BCUT2D eigenvalue weighted by Crippen LogP contribution is -2.12. The fraction of sp³-hybridized carbons (Fsp3) is 0.750. The van der Waals surface area contributed by atoms with Gasteiger partial charge in [0.2, 0.25) is 0 Å². The van der Waals surface area contributed by atoms with Gasteiger partial charge >= 0.3 is 0 Å². The van der Waals surface area contributed by atoms with E-state index in [0.717, 1.165) is 12.3 Å². The van der Waals surface area contributed by atoms with E-state index >= 15 is 0 Å². The summed E-state index contributed by atoms with van der Waals surface area (Å²) >= 11 is 1.99. The molecule has 0 amide bonds. The molecule has 0 saturated carbocycles. The topological polar surface area (TPSA) is 26.0 Å². The van der Waals surface area contributed by atoms with Crippen molar-refractivity contribution in [3.8, 4) is 0 Å². The fourth-order valence-corrected chi connectivity index (χ4v) is 4.31. The van der Waals surface area contributed by atoms with E-state index in [1.807, 2.05) is 11.3 Å². The summed E-state index contributed by atoms with van der Waals surface area (Å²) in [5, 5.41) is 0. The SMILES string of the molecule is CCCC(C)CC(N)c1cc2c(s1)CCCCC2. The van der Waals surface area contributed by atoms with Crippen molar-refractivity contribution in [1.82, 2.24) is 0 Å². The van der Waals surface area contributed by atoms with E-state index in [1.165, 1.54) is 49.8 Å². The lowest BCUT2D eigenvalue weighted by atomic mass is 9.96. The maximum Gasteiger partial charge on any atom is 0.0392 e. The Morgan fingerprint density at radius 1 is 1.28 bits per heavy atom. The molecule has 2 N–H and O–H groups in total. The Balaban J connectivity index is 2.00. The smallest absolute Gasteiger partial charge is 0.0392 e. The van der Waals surface area contributed by atoms with Gasteiger partial charge in [0, 0.05) is 15.8 Å². The first-order valence-electron chi connectivity index (χ1n) is 7.57. The van der Waals surface area contributed by atoms with Crippen LogP contribution >= 0.6 is 11.3 Å². The van der Waals surface area contributed by atoms with Gasteiger partial charge in [-0.3, -0.25) is 0 Å². The molecular weight excluding hydrogens is 238 g/mol. The molecule has 1 aromatic heterocycles. The van der Waals surface area contributed by atoms with Crippen molar-refractivity contribution >= 4 is 11.3 Å². The molecule has 0 saturated heterocycles. The van der Waals surface area contributed by atoms with Crippen molar-refractivity contribution in [2.45, 2.75) is 71.3 Å². The third-order valence-electron chi connectivity index (χ3n) is 4.07. The van der Waals surface area contributed by atoms with Crippen LogP contribution in [-0.4, -0.2) is 0 Å². The predicted molar refractivity (Wildman–Crippen MR) is 81.2 cm³/mol. The summed E-state index contributed by atoms with van der Waals surface area (Å²) in [6, 6.07) is 2.68. The van der Waals surface area contributed by atoms with Crippen LogP contribution in [0.25, 0.3) is 0 Å². The Morgan fingerprint density at radius 2 is 2.06 bits per heavy atom. The average Bonchev–Trinajstić information content (AvgIpc) is 2.61. The molecule has 0 spiro atoms. The molecule has 0 aromatic carbocycles. The molecule has 2 heteroatoms. The Hall–Kier alpha value is -0.340. The molecule has 0 bridgehead atoms. The van der Waals surface area contributed by atoms with Gasteiger partial charge in [-0.05, 0) is 49.7 Å². The molecule has 0 radical (unpaired) electrons. The van der Waals surface area contributed by atoms with Gasteiger partial charge in [-0.15, -0.1) is 11.3 Å². The summed E-state index contributed by atoms with van der Waals surface area (Å²) in [4.78, 5) is 3.06. The Kier molecular flexibility index (Phi) is 5.25. The minimum Gasteiger partial charge on any atom is -0.323 e. The highest BCUT2D eigenvalue weighted by Crippen LogP contribution is 2.33. The third-order valence-corrected chi connectivity index (χ3v) is 5.44. The monoisotopic (exact) mass is 265 g/mol. The summed E-state index contributed by atoms with van der Waals surface area (Å²) in [5.41, 5.74) is 7.99. The summed E-state index contributed by atoms with van der Waals surface area (Å²) < 4.78 is 0. The molecule has 1 aliphatic rings. The standard InChI is InChI=1S/C16H27NS/c1-3-7-12(2)10-14(17)16-11-13-8-5-4-6-9-15(13)18-16/h11-12,14H,3-10,17H2,1-2H3. The van der Waals surface area contributed by atoms with Gasteiger partial charge in [-0.1, -0.05) is 33.1 Å². The van der Waals surface area contributed by atoms with E-state index in [9.17, 15) is 0 Å². The molecule has 102 valence electrons. The zero-order valence-corrected chi connectivity index (χ0v) is 12.7. The molecular formula is C16H27NS. The van der Waals surface area contributed by atoms with Crippen molar-refractivity contribution in [1.29, 1.82) is 0 Å². The summed E-state index contributed by atoms with van der Waals surface area (Å²) in [6.07, 6.45) is 10.4. The summed E-state index contributed by atoms with van der Waals surface area (Å²) in [7, 11) is 0. The van der Waals surface area contributed by atoms with Crippen molar-refractivity contribution < 1.29 is 0 Å². The molecule has 0 aliphatic heterocycles. The molecule has 1 aliphatic carbocycles. The largest absolute Gasteiger partial charge is 0.323 e. The van der Waals surface area contributed by atoms with Crippen LogP contribution in [0.4, 0.5) is 0 Å². The maximum absolute atomic E-state index is 6.39. The number of hydrogen-bond acceptors (Lipinski definition) is 2. The lowest BCUT2D eigenvalue weighted by molar-refractivity contribution is 0.443. The number of hydrogen-bond donors (Lipinski definition) is 1. The molecule has 1 nitrogen and oxygen atoms in total. The van der Waals surface area contributed by atoms with E-state index in [1.54, 1.807) is 10.4 Å². The van der Waals surface area contributed by atoms with Crippen LogP contribution in [0.1, 0.15) is 73.7 Å². The normalized spacial score (nSPS) is 19.1. The van der Waals surface area contributed by atoms with Crippen LogP contribution < -0.4 is 5.73 Å². The number of aryl methyl sites for hydroxylation is 2. The van der Waals surface area contributed by atoms with Crippen LogP contribution in [0.15, 0.2) is 6.07 Å². The fourth-order valence-electron chi connectivity index (χ4n) is 3.03. The minimum absolute atomic E-state index is 0.267. The van der Waals surface area contributed by atoms with Gasteiger partial charge < -0.3 is 5.73 Å². The van der Waals surface area contributed by atoms with Crippen molar-refractivity contribution in [3.05, 3.63) is 21.4 Å². The summed E-state index contributed by atoms with van der Waals surface area (Å²) in [6.45, 7) is 4.59. The van der Waals surface area contributed by atoms with Crippen LogP contribution in [0, 0.1) is 5.92 Å². The Labute approximate surface area is 116 Å². The van der Waals surface area contributed by atoms with E-state index < -0.39 is 0 Å². The highest BCUT2D eigenvalue weighted by molar-refractivity contribution is 7.12. The van der Waals surface area contributed by atoms with Crippen molar-refractivity contribution in [2.75, 3.05) is 0 Å². The highest BCUT2D eigenvalue weighted by atomic mass is 32.1. The van der Waals surface area contributed by atoms with E-state index in [2.05, 4.69) is 19.9 Å². The zero-order chi connectivity index (χ0) is 13.0. The molecule has 2 atom stereocenters. The molecule has 1 aromatic rings. The quantitative estimate of drug-likeness (QED) is 0.757. The second-order valence-electron chi connectivity index (χ2n) is 5.89. The zero-order valence-electron chi connectivity index (χ0n) is 11.9. The second-order valence-corrected chi connectivity index (χ2v) is 7.06. The van der Waals surface area contributed by atoms with Crippen LogP contribution in [0.3, 0.4) is 0 Å². The van der Waals surface area contributed by atoms with Gasteiger partial charge in [0.25, 0.3) is 0 Å². The van der Waals surface area contributed by atoms with Gasteiger partial charge in [-0.25, -0.2) is 0 Å². The highest BCUT2D eigenvalue weighted by Gasteiger charge is 2.17. The Morgan fingerprint density at radius 3 is 2.83 bits per heavy atom. The first-order valence-corrected chi connectivity index (χ1v) is 8.39. The van der Waals surface area contributed by atoms with Crippen LogP contribution in [0.2, 0.25) is 0 Å². The second kappa shape index (κ2) is 6.72. The predicted octanol–water partition coefficient (Wildman–Crippen LogP) is 4.84. The number of fused-ring (bicyclic) bond motifs is 1. The lowest BCUT2D eigenvalue weighted by Gasteiger charge is -2.15. The molecule has 2 rings (SSSR count). The number of nitrogens with two attached hydrogens (primary N) is 1. The third kappa shape index (κ3) is 3.58. The molecule has 18 heavy (non-hydrogen) atoms. The van der Waals surface area contributed by atoms with Gasteiger partial charge in [-0.2, -0.15) is 0 Å². The van der Waals surface area contributed by atoms with Gasteiger partial charge in [0.05, 0.1) is 0 Å². The van der Waals surface area contributed by atoms with Crippen molar-refractivity contribution in [2.24, 2.45) is 11.7 Å². The van der Waals surface area contributed by atoms with E-state index in [-0.39, 0.29) is 6.04 Å². The molecule has 1 heterocycles. The number of rotatable bonds is 5. The van der Waals surface area contributed by atoms with Gasteiger partial charge in [0.15, 0.2) is 0 Å². The maximum atomic E-state index is 6.39. The summed E-state index contributed by atoms with van der Waals surface area (Å²) in [5.74, 6) is 0.756.